The summed E-state index contributed by atoms with van der Waals surface area (Å²) in [5.41, 5.74) is 3.42. The van der Waals surface area contributed by atoms with Gasteiger partial charge in [-0.2, -0.15) is 4.98 Å². The van der Waals surface area contributed by atoms with Gasteiger partial charge in [0.1, 0.15) is 11.5 Å². The van der Waals surface area contributed by atoms with E-state index in [9.17, 15) is 0 Å². The highest BCUT2D eigenvalue weighted by molar-refractivity contribution is 7.80. The Morgan fingerprint density at radius 1 is 1.15 bits per heavy atom. The second kappa shape index (κ2) is 9.32. The highest BCUT2D eigenvalue weighted by atomic mass is 35.5. The van der Waals surface area contributed by atoms with E-state index in [4.69, 9.17) is 42.5 Å². The average molecular weight is 493 g/mol. The van der Waals surface area contributed by atoms with E-state index in [1.807, 2.05) is 60.4 Å². The van der Waals surface area contributed by atoms with Gasteiger partial charge in [0, 0.05) is 16.3 Å². The van der Waals surface area contributed by atoms with Crippen molar-refractivity contribution in [3.63, 3.8) is 0 Å². The van der Waals surface area contributed by atoms with E-state index in [0.717, 1.165) is 33.9 Å². The van der Waals surface area contributed by atoms with Crippen LogP contribution in [-0.2, 0) is 6.54 Å². The number of hydrogen-bond acceptors (Lipinski definition) is 6. The van der Waals surface area contributed by atoms with Crippen molar-refractivity contribution < 1.29 is 13.7 Å². The molecule has 9 heteroatoms. The Labute approximate surface area is 207 Å². The van der Waals surface area contributed by atoms with Gasteiger partial charge in [-0.1, -0.05) is 41.0 Å². The predicted molar refractivity (Wildman–Crippen MR) is 133 cm³/mol. The van der Waals surface area contributed by atoms with Crippen molar-refractivity contribution in [3.05, 3.63) is 94.9 Å². The molecule has 2 aromatic heterocycles. The van der Waals surface area contributed by atoms with Crippen LogP contribution in [0.15, 0.2) is 81.6 Å². The van der Waals surface area contributed by atoms with Crippen molar-refractivity contribution in [3.8, 4) is 17.1 Å². The maximum absolute atomic E-state index is 6.16. The predicted octanol–water partition coefficient (Wildman–Crippen LogP) is 5.85. The Morgan fingerprint density at radius 3 is 2.76 bits per heavy atom. The number of halogens is 1. The number of aromatic nitrogens is 2. The summed E-state index contributed by atoms with van der Waals surface area (Å²) in [6.45, 7) is 2.45. The van der Waals surface area contributed by atoms with Crippen LogP contribution >= 0.6 is 23.8 Å². The highest BCUT2D eigenvalue weighted by Gasteiger charge is 2.34. The first-order valence-corrected chi connectivity index (χ1v) is 11.4. The minimum absolute atomic E-state index is 0.317. The van der Waals surface area contributed by atoms with Crippen LogP contribution in [0.5, 0.6) is 5.75 Å². The fourth-order valence-electron chi connectivity index (χ4n) is 3.96. The Balaban J connectivity index is 1.61. The monoisotopic (exact) mass is 492 g/mol. The van der Waals surface area contributed by atoms with Crippen LogP contribution < -0.4 is 10.1 Å². The molecule has 0 spiro atoms. The topological polar surface area (TPSA) is 76.6 Å². The van der Waals surface area contributed by atoms with E-state index in [2.05, 4.69) is 10.5 Å². The van der Waals surface area contributed by atoms with Crippen molar-refractivity contribution in [2.75, 3.05) is 7.11 Å². The van der Waals surface area contributed by atoms with E-state index in [0.29, 0.717) is 28.4 Å². The maximum Gasteiger partial charge on any atom is 0.258 e. The summed E-state index contributed by atoms with van der Waals surface area (Å²) in [4.78, 5) is 6.67. The van der Waals surface area contributed by atoms with Crippen LogP contribution in [0.3, 0.4) is 0 Å². The molecule has 1 N–H and O–H groups in total. The number of nitrogens with zero attached hydrogens (tertiary/aromatic N) is 3. The Bertz CT molecular complexity index is 1370. The Kier molecular flexibility index (Phi) is 6.08. The lowest BCUT2D eigenvalue weighted by atomic mass is 9.94. The molecule has 1 unspecified atom stereocenters. The number of ether oxygens (including phenoxy) is 1. The standard InChI is InChI=1S/C25H21ClN4O3S/c1-15-21(24-28-23(29-33-24)17-7-3-8-18(26)12-17)22(16-6-4-9-19(13-16)31-2)27-25(34)30(15)14-20-10-5-11-32-20/h3-13,22H,14H2,1-2H3,(H,27,34). The molecule has 0 bridgehead atoms. The van der Waals surface area contributed by atoms with E-state index in [1.54, 1.807) is 25.5 Å². The van der Waals surface area contributed by atoms with Gasteiger partial charge >= 0.3 is 0 Å². The molecule has 3 heterocycles. The number of rotatable bonds is 6. The summed E-state index contributed by atoms with van der Waals surface area (Å²) in [6.07, 6.45) is 1.64. The van der Waals surface area contributed by atoms with Gasteiger partial charge in [-0.15, -0.1) is 0 Å². The maximum atomic E-state index is 6.16. The molecule has 2 aromatic carbocycles. The third-order valence-corrected chi connectivity index (χ3v) is 6.23. The Hall–Kier alpha value is -3.62. The van der Waals surface area contributed by atoms with Gasteiger partial charge in [-0.25, -0.2) is 0 Å². The first-order chi connectivity index (χ1) is 16.5. The van der Waals surface area contributed by atoms with E-state index < -0.39 is 0 Å². The molecule has 172 valence electrons. The Morgan fingerprint density at radius 2 is 2.00 bits per heavy atom. The minimum atomic E-state index is -0.317. The van der Waals surface area contributed by atoms with Crippen LogP contribution in [0.25, 0.3) is 17.0 Å². The zero-order valence-corrected chi connectivity index (χ0v) is 20.1. The van der Waals surface area contributed by atoms with Gasteiger partial charge in [-0.05, 0) is 61.1 Å². The van der Waals surface area contributed by atoms with E-state index in [1.165, 1.54) is 0 Å². The second-order valence-corrected chi connectivity index (χ2v) is 8.58. The van der Waals surface area contributed by atoms with Crippen LogP contribution in [0.1, 0.15) is 30.2 Å². The molecule has 1 atom stereocenters. The lowest BCUT2D eigenvalue weighted by Crippen LogP contribution is -2.45. The molecule has 1 aliphatic rings. The first kappa shape index (κ1) is 22.2. The smallest absolute Gasteiger partial charge is 0.258 e. The SMILES string of the molecule is COc1cccc(C2NC(=S)N(Cc3ccco3)C(C)=C2c2nc(-c3cccc(Cl)c3)no2)c1. The third kappa shape index (κ3) is 4.30. The quantitative estimate of drug-likeness (QED) is 0.336. The molecule has 7 nitrogen and oxygen atoms in total. The summed E-state index contributed by atoms with van der Waals surface area (Å²) in [5, 5.41) is 8.82. The second-order valence-electron chi connectivity index (χ2n) is 7.76. The van der Waals surface area contributed by atoms with Crippen LogP contribution in [0.2, 0.25) is 5.02 Å². The van der Waals surface area contributed by atoms with Gasteiger partial charge in [0.2, 0.25) is 5.82 Å². The van der Waals surface area contributed by atoms with Crippen molar-refractivity contribution >= 4 is 34.5 Å². The summed E-state index contributed by atoms with van der Waals surface area (Å²) in [5.74, 6) is 2.37. The fourth-order valence-corrected chi connectivity index (χ4v) is 4.47. The normalized spacial score (nSPS) is 16.0. The van der Waals surface area contributed by atoms with Crippen LogP contribution in [0.4, 0.5) is 0 Å². The van der Waals surface area contributed by atoms with E-state index in [-0.39, 0.29) is 6.04 Å². The van der Waals surface area contributed by atoms with E-state index >= 15 is 0 Å². The highest BCUT2D eigenvalue weighted by Crippen LogP contribution is 2.38. The number of benzene rings is 2. The van der Waals surface area contributed by atoms with Crippen molar-refractivity contribution in [2.24, 2.45) is 0 Å². The minimum Gasteiger partial charge on any atom is -0.497 e. The number of furan rings is 1. The van der Waals surface area contributed by atoms with Crippen molar-refractivity contribution in [1.29, 1.82) is 0 Å². The molecular formula is C25H21ClN4O3S. The van der Waals surface area contributed by atoms with Gasteiger partial charge < -0.3 is 23.9 Å². The molecule has 0 fully saturated rings. The zero-order chi connectivity index (χ0) is 23.7. The molecule has 5 rings (SSSR count). The number of nitrogens with one attached hydrogen (secondary N) is 1. The molecular weight excluding hydrogens is 472 g/mol. The van der Waals surface area contributed by atoms with Crippen LogP contribution in [-0.4, -0.2) is 27.3 Å². The zero-order valence-electron chi connectivity index (χ0n) is 18.5. The molecule has 0 saturated heterocycles. The van der Waals surface area contributed by atoms with Gasteiger partial charge in [0.25, 0.3) is 5.89 Å². The molecule has 4 aromatic rings. The summed E-state index contributed by atoms with van der Waals surface area (Å²) < 4.78 is 16.8. The summed E-state index contributed by atoms with van der Waals surface area (Å²) >= 11 is 11.9. The van der Waals surface area contributed by atoms with Gasteiger partial charge in [0.05, 0.1) is 31.5 Å². The fraction of sp³-hybridized carbons (Fsp3) is 0.160. The molecule has 1 aliphatic heterocycles. The lowest BCUT2D eigenvalue weighted by molar-refractivity contribution is 0.382. The number of methoxy groups -OCH3 is 1. The number of allylic oxidation sites excluding steroid dienone is 1. The van der Waals surface area contributed by atoms with Crippen molar-refractivity contribution in [1.82, 2.24) is 20.4 Å². The summed E-state index contributed by atoms with van der Waals surface area (Å²) in [7, 11) is 1.64. The molecule has 0 aliphatic carbocycles. The largest absolute Gasteiger partial charge is 0.497 e. The first-order valence-electron chi connectivity index (χ1n) is 10.6. The van der Waals surface area contributed by atoms with Crippen molar-refractivity contribution in [2.45, 2.75) is 19.5 Å². The molecule has 34 heavy (non-hydrogen) atoms. The summed E-state index contributed by atoms with van der Waals surface area (Å²) in [6, 6.07) is 18.6. The van der Waals surface area contributed by atoms with Gasteiger partial charge in [-0.3, -0.25) is 0 Å². The molecule has 0 saturated carbocycles. The van der Waals surface area contributed by atoms with Crippen LogP contribution in [0, 0.1) is 0 Å². The van der Waals surface area contributed by atoms with Gasteiger partial charge in [0.15, 0.2) is 5.11 Å². The number of hydrogen-bond donors (Lipinski definition) is 1. The molecule has 0 amide bonds. The lowest BCUT2D eigenvalue weighted by Gasteiger charge is -2.37. The number of thiocarbonyl (C=S) groups is 1. The molecule has 0 radical (unpaired) electrons. The third-order valence-electron chi connectivity index (χ3n) is 5.66. The average Bonchev–Trinajstić information content (AvgIpc) is 3.54.